The van der Waals surface area contributed by atoms with Crippen LogP contribution in [0.4, 0.5) is 0 Å². The molecule has 0 fully saturated rings. The molecule has 0 saturated carbocycles. The molecule has 2 aromatic rings. The maximum absolute atomic E-state index is 11.4. The van der Waals surface area contributed by atoms with Gasteiger partial charge in [-0.25, -0.2) is 9.78 Å². The number of rotatable bonds is 2. The van der Waals surface area contributed by atoms with E-state index in [2.05, 4.69) is 15.2 Å². The standard InChI is InChI=1S/C9H9ClN4O2/c1-3-16-8(15)6-4-7(10)14-5(2)12-13-9(14)11-6/h4H,3H2,1-2H3. The number of carbonyl (C=O) groups excluding carboxylic acids is 1. The van der Waals surface area contributed by atoms with E-state index in [1.54, 1.807) is 18.2 Å². The molecule has 2 heterocycles. The van der Waals surface area contributed by atoms with Crippen molar-refractivity contribution in [1.29, 1.82) is 0 Å². The summed E-state index contributed by atoms with van der Waals surface area (Å²) in [7, 11) is 0. The van der Waals surface area contributed by atoms with Crippen LogP contribution in [0.2, 0.25) is 5.15 Å². The first-order valence-corrected chi connectivity index (χ1v) is 5.06. The van der Waals surface area contributed by atoms with E-state index in [0.717, 1.165) is 0 Å². The third-order valence-electron chi connectivity index (χ3n) is 1.98. The van der Waals surface area contributed by atoms with Gasteiger partial charge in [-0.15, -0.1) is 10.2 Å². The lowest BCUT2D eigenvalue weighted by molar-refractivity contribution is 0.0519. The molecular weight excluding hydrogens is 232 g/mol. The lowest BCUT2D eigenvalue weighted by Crippen LogP contribution is -2.09. The number of carbonyl (C=O) groups is 1. The Morgan fingerprint density at radius 1 is 1.56 bits per heavy atom. The Morgan fingerprint density at radius 2 is 2.31 bits per heavy atom. The van der Waals surface area contributed by atoms with Gasteiger partial charge in [0.2, 0.25) is 0 Å². The Hall–Kier alpha value is -1.69. The van der Waals surface area contributed by atoms with Crippen LogP contribution < -0.4 is 0 Å². The van der Waals surface area contributed by atoms with Crippen molar-refractivity contribution in [2.45, 2.75) is 13.8 Å². The number of esters is 1. The number of aryl methyl sites for hydroxylation is 1. The number of aromatic nitrogens is 4. The van der Waals surface area contributed by atoms with E-state index in [1.165, 1.54) is 6.07 Å². The molecule has 0 spiro atoms. The van der Waals surface area contributed by atoms with E-state index in [-0.39, 0.29) is 18.1 Å². The van der Waals surface area contributed by atoms with E-state index < -0.39 is 5.97 Å². The van der Waals surface area contributed by atoms with Crippen LogP contribution >= 0.6 is 11.6 Å². The third-order valence-corrected chi connectivity index (χ3v) is 2.26. The molecular formula is C9H9ClN4O2. The number of hydrogen-bond donors (Lipinski definition) is 0. The topological polar surface area (TPSA) is 69.4 Å². The molecule has 7 heteroatoms. The number of nitrogens with zero attached hydrogens (tertiary/aromatic N) is 4. The maximum Gasteiger partial charge on any atom is 0.357 e. The second-order valence-electron chi connectivity index (χ2n) is 3.07. The fourth-order valence-corrected chi connectivity index (χ4v) is 1.60. The van der Waals surface area contributed by atoms with Gasteiger partial charge in [-0.1, -0.05) is 11.6 Å². The predicted octanol–water partition coefficient (Wildman–Crippen LogP) is 1.26. The number of ether oxygens (including phenoxy) is 1. The summed E-state index contributed by atoms with van der Waals surface area (Å²) in [6, 6.07) is 1.43. The van der Waals surface area contributed by atoms with Gasteiger partial charge in [0.25, 0.3) is 5.78 Å². The van der Waals surface area contributed by atoms with Crippen molar-refractivity contribution in [2.24, 2.45) is 0 Å². The lowest BCUT2D eigenvalue weighted by Gasteiger charge is -2.03. The normalized spacial score (nSPS) is 10.7. The molecule has 0 aliphatic carbocycles. The highest BCUT2D eigenvalue weighted by atomic mass is 35.5. The van der Waals surface area contributed by atoms with Gasteiger partial charge in [0, 0.05) is 6.07 Å². The van der Waals surface area contributed by atoms with E-state index in [9.17, 15) is 4.79 Å². The Morgan fingerprint density at radius 3 is 3.00 bits per heavy atom. The third kappa shape index (κ3) is 1.71. The second-order valence-corrected chi connectivity index (χ2v) is 3.45. The molecule has 0 aliphatic rings. The molecule has 6 nitrogen and oxygen atoms in total. The summed E-state index contributed by atoms with van der Waals surface area (Å²) in [6.45, 7) is 3.76. The van der Waals surface area contributed by atoms with Crippen LogP contribution in [0, 0.1) is 6.92 Å². The zero-order chi connectivity index (χ0) is 11.7. The molecule has 0 amide bonds. The van der Waals surface area contributed by atoms with Crippen molar-refractivity contribution in [2.75, 3.05) is 6.61 Å². The first-order valence-electron chi connectivity index (χ1n) is 4.69. The molecule has 0 unspecified atom stereocenters. The Balaban J connectivity index is 2.54. The Labute approximate surface area is 96.2 Å². The van der Waals surface area contributed by atoms with Crippen LogP contribution in [0.5, 0.6) is 0 Å². The molecule has 2 aromatic heterocycles. The minimum atomic E-state index is -0.521. The molecule has 0 atom stereocenters. The average Bonchev–Trinajstić information content (AvgIpc) is 2.61. The second kappa shape index (κ2) is 4.05. The Kier molecular flexibility index (Phi) is 2.74. The zero-order valence-electron chi connectivity index (χ0n) is 8.77. The molecule has 0 bridgehead atoms. The minimum Gasteiger partial charge on any atom is -0.461 e. The summed E-state index contributed by atoms with van der Waals surface area (Å²) in [5.41, 5.74) is 0.131. The van der Waals surface area contributed by atoms with Crippen LogP contribution in [0.1, 0.15) is 23.2 Å². The average molecular weight is 241 g/mol. The monoisotopic (exact) mass is 240 g/mol. The molecule has 0 radical (unpaired) electrons. The fourth-order valence-electron chi connectivity index (χ4n) is 1.30. The smallest absolute Gasteiger partial charge is 0.357 e. The van der Waals surface area contributed by atoms with E-state index in [1.807, 2.05) is 0 Å². The van der Waals surface area contributed by atoms with Crippen LogP contribution in [-0.2, 0) is 4.74 Å². The van der Waals surface area contributed by atoms with Crippen LogP contribution in [-0.4, -0.2) is 32.2 Å². The molecule has 0 N–H and O–H groups in total. The van der Waals surface area contributed by atoms with Gasteiger partial charge in [-0.05, 0) is 13.8 Å². The highest BCUT2D eigenvalue weighted by Crippen LogP contribution is 2.14. The summed E-state index contributed by atoms with van der Waals surface area (Å²) < 4.78 is 6.37. The van der Waals surface area contributed by atoms with Gasteiger partial charge in [0.1, 0.15) is 11.0 Å². The molecule has 84 valence electrons. The van der Waals surface area contributed by atoms with Crippen molar-refractivity contribution < 1.29 is 9.53 Å². The maximum atomic E-state index is 11.4. The van der Waals surface area contributed by atoms with Gasteiger partial charge in [0.15, 0.2) is 5.69 Å². The summed E-state index contributed by atoms with van der Waals surface area (Å²) in [4.78, 5) is 15.5. The molecule has 0 aromatic carbocycles. The molecule has 0 aliphatic heterocycles. The van der Waals surface area contributed by atoms with Crippen molar-refractivity contribution in [3.05, 3.63) is 22.7 Å². The SMILES string of the molecule is CCOC(=O)c1cc(Cl)n2c(C)nnc2n1. The van der Waals surface area contributed by atoms with Crippen molar-refractivity contribution in [3.8, 4) is 0 Å². The summed E-state index contributed by atoms with van der Waals surface area (Å²) >= 11 is 5.99. The molecule has 16 heavy (non-hydrogen) atoms. The van der Waals surface area contributed by atoms with Crippen molar-refractivity contribution in [1.82, 2.24) is 19.6 Å². The highest BCUT2D eigenvalue weighted by Gasteiger charge is 2.14. The van der Waals surface area contributed by atoms with Crippen LogP contribution in [0.3, 0.4) is 0 Å². The minimum absolute atomic E-state index is 0.131. The first kappa shape index (κ1) is 10.8. The van der Waals surface area contributed by atoms with Crippen LogP contribution in [0.25, 0.3) is 5.78 Å². The van der Waals surface area contributed by atoms with E-state index in [0.29, 0.717) is 11.0 Å². The number of hydrogen-bond acceptors (Lipinski definition) is 5. The van der Waals surface area contributed by atoms with Gasteiger partial charge < -0.3 is 4.74 Å². The van der Waals surface area contributed by atoms with Crippen molar-refractivity contribution >= 4 is 23.3 Å². The summed E-state index contributed by atoms with van der Waals surface area (Å²) in [5.74, 6) is 0.378. The molecule has 0 saturated heterocycles. The van der Waals surface area contributed by atoms with E-state index in [4.69, 9.17) is 16.3 Å². The largest absolute Gasteiger partial charge is 0.461 e. The number of fused-ring (bicyclic) bond motifs is 1. The van der Waals surface area contributed by atoms with Gasteiger partial charge in [-0.2, -0.15) is 0 Å². The van der Waals surface area contributed by atoms with Gasteiger partial charge in [-0.3, -0.25) is 4.40 Å². The molecule has 2 rings (SSSR count). The summed E-state index contributed by atoms with van der Waals surface area (Å²) in [5, 5.41) is 7.94. The summed E-state index contributed by atoms with van der Waals surface area (Å²) in [6.07, 6.45) is 0. The number of halogens is 1. The Bertz CT molecular complexity index is 552. The van der Waals surface area contributed by atoms with Gasteiger partial charge >= 0.3 is 5.97 Å². The highest BCUT2D eigenvalue weighted by molar-refractivity contribution is 6.30. The zero-order valence-corrected chi connectivity index (χ0v) is 9.52. The van der Waals surface area contributed by atoms with E-state index >= 15 is 0 Å². The van der Waals surface area contributed by atoms with Crippen LogP contribution in [0.15, 0.2) is 6.07 Å². The first-order chi connectivity index (χ1) is 7.63. The predicted molar refractivity (Wildman–Crippen MR) is 56.5 cm³/mol. The van der Waals surface area contributed by atoms with Gasteiger partial charge in [0.05, 0.1) is 6.61 Å². The lowest BCUT2D eigenvalue weighted by atomic mass is 10.4. The fraction of sp³-hybridized carbons (Fsp3) is 0.333. The van der Waals surface area contributed by atoms with Crippen molar-refractivity contribution in [3.63, 3.8) is 0 Å². The quantitative estimate of drug-likeness (QED) is 0.584.